The molecule has 0 saturated heterocycles. The molecule has 0 aromatic carbocycles. The Morgan fingerprint density at radius 3 is 2.92 bits per heavy atom. The fourth-order valence-electron chi connectivity index (χ4n) is 0.967. The molecule has 0 amide bonds. The van der Waals surface area contributed by atoms with Crippen LogP contribution in [-0.2, 0) is 0 Å². The van der Waals surface area contributed by atoms with Gasteiger partial charge in [-0.3, -0.25) is 0 Å². The van der Waals surface area contributed by atoms with E-state index in [0.29, 0.717) is 22.9 Å². The van der Waals surface area contributed by atoms with Gasteiger partial charge in [0.05, 0.1) is 13.3 Å². The van der Waals surface area contributed by atoms with E-state index < -0.39 is 0 Å². The van der Waals surface area contributed by atoms with Crippen molar-refractivity contribution < 1.29 is 4.74 Å². The van der Waals surface area contributed by atoms with Crippen molar-refractivity contribution in [2.75, 3.05) is 12.4 Å². The summed E-state index contributed by atoms with van der Waals surface area (Å²) in [7, 11) is 1.54. The van der Waals surface area contributed by atoms with Crippen molar-refractivity contribution in [3.63, 3.8) is 0 Å². The first kappa shape index (κ1) is 8.56. The number of methoxy groups -OCH3 is 1. The highest BCUT2D eigenvalue weighted by atomic mass is 35.5. The van der Waals surface area contributed by atoms with Crippen LogP contribution in [0.3, 0.4) is 0 Å². The van der Waals surface area contributed by atoms with E-state index in [1.165, 1.54) is 12.8 Å². The van der Waals surface area contributed by atoms with Gasteiger partial charge in [0.2, 0.25) is 5.95 Å². The minimum atomic E-state index is 0.348. The van der Waals surface area contributed by atoms with Crippen LogP contribution < -0.4 is 10.1 Å². The molecular weight excluding hydrogens is 190 g/mol. The highest BCUT2D eigenvalue weighted by Crippen LogP contribution is 2.25. The first-order valence-electron chi connectivity index (χ1n) is 4.12. The van der Waals surface area contributed by atoms with E-state index in [4.69, 9.17) is 16.3 Å². The number of hydrogen-bond donors (Lipinski definition) is 1. The van der Waals surface area contributed by atoms with Crippen LogP contribution in [0.4, 0.5) is 5.95 Å². The molecule has 0 unspecified atom stereocenters. The first-order chi connectivity index (χ1) is 6.29. The summed E-state index contributed by atoms with van der Waals surface area (Å²) < 4.78 is 4.94. The zero-order valence-electron chi connectivity index (χ0n) is 7.25. The van der Waals surface area contributed by atoms with Crippen LogP contribution in [0.25, 0.3) is 0 Å². The molecule has 5 heteroatoms. The predicted octanol–water partition coefficient (Wildman–Crippen LogP) is 1.71. The number of aromatic nitrogens is 2. The fourth-order valence-corrected chi connectivity index (χ4v) is 1.17. The molecule has 1 aliphatic carbocycles. The molecule has 0 radical (unpaired) electrons. The Bertz CT molecular complexity index is 314. The van der Waals surface area contributed by atoms with Gasteiger partial charge >= 0.3 is 0 Å². The third-order valence-electron chi connectivity index (χ3n) is 1.84. The molecule has 13 heavy (non-hydrogen) atoms. The van der Waals surface area contributed by atoms with Gasteiger partial charge in [-0.25, -0.2) is 4.98 Å². The summed E-state index contributed by atoms with van der Waals surface area (Å²) in [6, 6.07) is 0.532. The third kappa shape index (κ3) is 2.01. The minimum absolute atomic E-state index is 0.348. The van der Waals surface area contributed by atoms with Crippen molar-refractivity contribution in [2.24, 2.45) is 0 Å². The Labute approximate surface area is 81.3 Å². The summed E-state index contributed by atoms with van der Waals surface area (Å²) in [5.74, 6) is 1.08. The number of ether oxygens (including phenoxy) is 1. The second kappa shape index (κ2) is 3.38. The Balaban J connectivity index is 2.13. The molecule has 2 rings (SSSR count). The van der Waals surface area contributed by atoms with E-state index in [2.05, 4.69) is 15.3 Å². The number of hydrogen-bond acceptors (Lipinski definition) is 4. The number of halogens is 1. The number of anilines is 1. The molecular formula is C8H10ClN3O. The first-order valence-corrected chi connectivity index (χ1v) is 4.50. The second-order valence-corrected chi connectivity index (χ2v) is 3.33. The van der Waals surface area contributed by atoms with Crippen molar-refractivity contribution in [3.05, 3.63) is 11.3 Å². The lowest BCUT2D eigenvalue weighted by Crippen LogP contribution is -2.05. The molecule has 0 atom stereocenters. The van der Waals surface area contributed by atoms with Gasteiger partial charge in [0, 0.05) is 6.04 Å². The Hall–Kier alpha value is -1.03. The van der Waals surface area contributed by atoms with E-state index in [0.717, 1.165) is 0 Å². The third-order valence-corrected chi connectivity index (χ3v) is 2.11. The van der Waals surface area contributed by atoms with Crippen molar-refractivity contribution in [1.29, 1.82) is 0 Å². The summed E-state index contributed by atoms with van der Waals surface area (Å²) in [5, 5.41) is 3.49. The minimum Gasteiger partial charge on any atom is -0.492 e. The van der Waals surface area contributed by atoms with Gasteiger partial charge in [-0.05, 0) is 12.8 Å². The molecule has 1 N–H and O–H groups in total. The Kier molecular flexibility index (Phi) is 2.22. The maximum absolute atomic E-state index is 5.82. The van der Waals surface area contributed by atoms with Crippen LogP contribution in [0.2, 0.25) is 5.15 Å². The quantitative estimate of drug-likeness (QED) is 0.753. The van der Waals surface area contributed by atoms with Crippen LogP contribution in [-0.4, -0.2) is 23.1 Å². The summed E-state index contributed by atoms with van der Waals surface area (Å²) in [6.07, 6.45) is 3.94. The SMILES string of the molecule is COc1cnc(NC2CC2)nc1Cl. The average molecular weight is 200 g/mol. The highest BCUT2D eigenvalue weighted by molar-refractivity contribution is 6.30. The normalized spacial score (nSPS) is 15.5. The Morgan fingerprint density at radius 2 is 2.38 bits per heavy atom. The molecule has 1 fully saturated rings. The van der Waals surface area contributed by atoms with Crippen molar-refractivity contribution >= 4 is 17.5 Å². The fraction of sp³-hybridized carbons (Fsp3) is 0.500. The largest absolute Gasteiger partial charge is 0.492 e. The second-order valence-electron chi connectivity index (χ2n) is 2.97. The standard InChI is InChI=1S/C8H10ClN3O/c1-13-6-4-10-8(12-7(6)9)11-5-2-3-5/h4-5H,2-3H2,1H3,(H,10,11,12). The molecule has 1 aliphatic rings. The molecule has 1 heterocycles. The zero-order valence-corrected chi connectivity index (χ0v) is 8.01. The monoisotopic (exact) mass is 199 g/mol. The van der Waals surface area contributed by atoms with E-state index in [1.807, 2.05) is 0 Å². The summed E-state index contributed by atoms with van der Waals surface area (Å²) in [6.45, 7) is 0. The van der Waals surface area contributed by atoms with Gasteiger partial charge < -0.3 is 10.1 Å². The number of nitrogens with zero attached hydrogens (tertiary/aromatic N) is 2. The number of rotatable bonds is 3. The highest BCUT2D eigenvalue weighted by Gasteiger charge is 2.22. The maximum atomic E-state index is 5.82. The van der Waals surface area contributed by atoms with Gasteiger partial charge in [-0.1, -0.05) is 11.6 Å². The van der Waals surface area contributed by atoms with Crippen LogP contribution in [0.15, 0.2) is 6.20 Å². The van der Waals surface area contributed by atoms with Gasteiger partial charge in [0.1, 0.15) is 0 Å². The lowest BCUT2D eigenvalue weighted by atomic mass is 10.6. The lowest BCUT2D eigenvalue weighted by molar-refractivity contribution is 0.411. The van der Waals surface area contributed by atoms with Crippen LogP contribution in [0.1, 0.15) is 12.8 Å². The van der Waals surface area contributed by atoms with Crippen LogP contribution >= 0.6 is 11.6 Å². The molecule has 0 spiro atoms. The summed E-state index contributed by atoms with van der Waals surface area (Å²) in [4.78, 5) is 8.10. The topological polar surface area (TPSA) is 47.0 Å². The van der Waals surface area contributed by atoms with Gasteiger partial charge in [-0.2, -0.15) is 4.98 Å². The molecule has 4 nitrogen and oxygen atoms in total. The molecule has 1 saturated carbocycles. The van der Waals surface area contributed by atoms with E-state index in [1.54, 1.807) is 13.3 Å². The lowest BCUT2D eigenvalue weighted by Gasteiger charge is -2.04. The smallest absolute Gasteiger partial charge is 0.224 e. The summed E-state index contributed by atoms with van der Waals surface area (Å²) in [5.41, 5.74) is 0. The van der Waals surface area contributed by atoms with E-state index >= 15 is 0 Å². The summed E-state index contributed by atoms with van der Waals surface area (Å²) >= 11 is 5.82. The van der Waals surface area contributed by atoms with Crippen LogP contribution in [0.5, 0.6) is 5.75 Å². The molecule has 1 aromatic heterocycles. The molecule has 1 aromatic rings. The van der Waals surface area contributed by atoms with Crippen molar-refractivity contribution in [3.8, 4) is 5.75 Å². The maximum Gasteiger partial charge on any atom is 0.224 e. The van der Waals surface area contributed by atoms with Crippen LogP contribution in [0, 0.1) is 0 Å². The number of nitrogens with one attached hydrogen (secondary N) is 1. The van der Waals surface area contributed by atoms with Crippen molar-refractivity contribution in [2.45, 2.75) is 18.9 Å². The van der Waals surface area contributed by atoms with Gasteiger partial charge in [0.15, 0.2) is 10.9 Å². The Morgan fingerprint density at radius 1 is 1.62 bits per heavy atom. The van der Waals surface area contributed by atoms with Crippen molar-refractivity contribution in [1.82, 2.24) is 9.97 Å². The van der Waals surface area contributed by atoms with E-state index in [-0.39, 0.29) is 0 Å². The predicted molar refractivity (Wildman–Crippen MR) is 50.2 cm³/mol. The molecule has 70 valence electrons. The zero-order chi connectivity index (χ0) is 9.26. The van der Waals surface area contributed by atoms with Gasteiger partial charge in [-0.15, -0.1) is 0 Å². The molecule has 0 bridgehead atoms. The van der Waals surface area contributed by atoms with Gasteiger partial charge in [0.25, 0.3) is 0 Å². The average Bonchev–Trinajstić information content (AvgIpc) is 2.89. The van der Waals surface area contributed by atoms with E-state index in [9.17, 15) is 0 Å². The molecule has 0 aliphatic heterocycles.